The van der Waals surface area contributed by atoms with Gasteiger partial charge in [-0.05, 0) is 51.1 Å². The molecule has 1 aromatic rings. The summed E-state index contributed by atoms with van der Waals surface area (Å²) < 4.78 is 13.2. The van der Waals surface area contributed by atoms with Crippen LogP contribution in [0.5, 0.6) is 0 Å². The first-order valence-electron chi connectivity index (χ1n) is 6.49. The molecule has 1 amide bonds. The molecule has 98 valence electrons. The molecule has 1 heterocycles. The van der Waals surface area contributed by atoms with Crippen LogP contribution in [0.4, 0.5) is 4.39 Å². The van der Waals surface area contributed by atoms with Gasteiger partial charge >= 0.3 is 0 Å². The van der Waals surface area contributed by atoms with Crippen molar-refractivity contribution < 1.29 is 9.18 Å². The molecule has 0 atom stereocenters. The second kappa shape index (κ2) is 5.96. The largest absolute Gasteiger partial charge is 0.336 e. The molecule has 0 aromatic heterocycles. The van der Waals surface area contributed by atoms with Crippen LogP contribution in [0.3, 0.4) is 0 Å². The molecule has 0 saturated carbocycles. The zero-order valence-electron chi connectivity index (χ0n) is 10.7. The van der Waals surface area contributed by atoms with E-state index in [1.54, 1.807) is 12.1 Å². The summed E-state index contributed by atoms with van der Waals surface area (Å²) in [7, 11) is 0. The van der Waals surface area contributed by atoms with Crippen LogP contribution < -0.4 is 5.32 Å². The highest BCUT2D eigenvalue weighted by atomic mass is 19.1. The summed E-state index contributed by atoms with van der Waals surface area (Å²) in [5.74, 6) is -0.425. The average molecular weight is 250 g/mol. The lowest BCUT2D eigenvalue weighted by molar-refractivity contribution is 0.0655. The number of nitrogens with zero attached hydrogens (tertiary/aromatic N) is 1. The van der Waals surface area contributed by atoms with Crippen LogP contribution in [0.15, 0.2) is 24.3 Å². The van der Waals surface area contributed by atoms with Crippen molar-refractivity contribution >= 4 is 5.91 Å². The number of halogens is 1. The van der Waals surface area contributed by atoms with Gasteiger partial charge in [0.05, 0.1) is 0 Å². The molecule has 0 unspecified atom stereocenters. The molecule has 2 rings (SSSR count). The molecule has 1 fully saturated rings. The van der Waals surface area contributed by atoms with Gasteiger partial charge in [0.15, 0.2) is 0 Å². The number of amides is 1. The summed E-state index contributed by atoms with van der Waals surface area (Å²) in [5, 5.41) is 3.28. The summed E-state index contributed by atoms with van der Waals surface area (Å²) >= 11 is 0. The Morgan fingerprint density at radius 1 is 1.44 bits per heavy atom. The van der Waals surface area contributed by atoms with E-state index in [0.717, 1.165) is 25.9 Å². The van der Waals surface area contributed by atoms with Gasteiger partial charge in [-0.2, -0.15) is 0 Å². The van der Waals surface area contributed by atoms with Crippen LogP contribution in [0.25, 0.3) is 0 Å². The van der Waals surface area contributed by atoms with Crippen LogP contribution >= 0.6 is 0 Å². The van der Waals surface area contributed by atoms with E-state index in [0.29, 0.717) is 12.1 Å². The van der Waals surface area contributed by atoms with Crippen molar-refractivity contribution in [3.63, 3.8) is 0 Å². The minimum atomic E-state index is -0.359. The molecular weight excluding hydrogens is 231 g/mol. The van der Waals surface area contributed by atoms with Gasteiger partial charge in [0.1, 0.15) is 5.82 Å². The second-order valence-corrected chi connectivity index (χ2v) is 4.58. The molecule has 3 nitrogen and oxygen atoms in total. The Hall–Kier alpha value is -1.42. The first-order chi connectivity index (χ1) is 8.72. The van der Waals surface area contributed by atoms with Gasteiger partial charge in [0, 0.05) is 18.2 Å². The predicted molar refractivity (Wildman–Crippen MR) is 69.0 cm³/mol. The molecular formula is C14H19FN2O. The van der Waals surface area contributed by atoms with Crippen molar-refractivity contribution in [3.05, 3.63) is 35.6 Å². The van der Waals surface area contributed by atoms with Crippen LogP contribution in [-0.2, 0) is 0 Å². The molecule has 1 saturated heterocycles. The zero-order valence-corrected chi connectivity index (χ0v) is 10.7. The topological polar surface area (TPSA) is 32.3 Å². The van der Waals surface area contributed by atoms with Gasteiger partial charge < -0.3 is 10.2 Å². The van der Waals surface area contributed by atoms with Crippen molar-refractivity contribution in [1.82, 2.24) is 10.2 Å². The van der Waals surface area contributed by atoms with Crippen LogP contribution in [0, 0.1) is 5.82 Å². The van der Waals surface area contributed by atoms with Gasteiger partial charge in [-0.1, -0.05) is 6.07 Å². The van der Waals surface area contributed by atoms with E-state index >= 15 is 0 Å². The molecule has 0 radical (unpaired) electrons. The van der Waals surface area contributed by atoms with Crippen molar-refractivity contribution in [2.24, 2.45) is 0 Å². The van der Waals surface area contributed by atoms with Gasteiger partial charge in [0.2, 0.25) is 0 Å². The Morgan fingerprint density at radius 2 is 2.17 bits per heavy atom. The SMILES string of the molecule is CCN(C(=O)c1cccc(F)c1)C1CCNCC1. The summed E-state index contributed by atoms with van der Waals surface area (Å²) in [6.07, 6.45) is 1.93. The van der Waals surface area contributed by atoms with Crippen molar-refractivity contribution in [2.45, 2.75) is 25.8 Å². The Bertz CT molecular complexity index is 416. The highest BCUT2D eigenvalue weighted by molar-refractivity contribution is 5.94. The second-order valence-electron chi connectivity index (χ2n) is 4.58. The lowest BCUT2D eigenvalue weighted by Crippen LogP contribution is -2.46. The summed E-state index contributed by atoms with van der Waals surface area (Å²) in [4.78, 5) is 14.2. The van der Waals surface area contributed by atoms with E-state index in [-0.39, 0.29) is 17.8 Å². The Balaban J connectivity index is 2.14. The number of rotatable bonds is 3. The van der Waals surface area contributed by atoms with Crippen LogP contribution in [0.2, 0.25) is 0 Å². The minimum absolute atomic E-state index is 0.0658. The number of carbonyl (C=O) groups is 1. The molecule has 1 aliphatic rings. The van der Waals surface area contributed by atoms with Crippen molar-refractivity contribution in [3.8, 4) is 0 Å². The molecule has 4 heteroatoms. The maximum absolute atomic E-state index is 13.2. The number of piperidine rings is 1. The lowest BCUT2D eigenvalue weighted by atomic mass is 10.0. The third-order valence-electron chi connectivity index (χ3n) is 3.42. The van der Waals surface area contributed by atoms with E-state index < -0.39 is 0 Å². The molecule has 0 aliphatic carbocycles. The first kappa shape index (κ1) is 13.0. The van der Waals surface area contributed by atoms with E-state index in [1.165, 1.54) is 12.1 Å². The van der Waals surface area contributed by atoms with Gasteiger partial charge in [-0.25, -0.2) is 4.39 Å². The monoisotopic (exact) mass is 250 g/mol. The highest BCUT2D eigenvalue weighted by Gasteiger charge is 2.24. The molecule has 1 aromatic carbocycles. The van der Waals surface area contributed by atoms with E-state index in [9.17, 15) is 9.18 Å². The summed E-state index contributed by atoms with van der Waals surface area (Å²) in [6, 6.07) is 6.20. The number of carbonyl (C=O) groups excluding carboxylic acids is 1. The quantitative estimate of drug-likeness (QED) is 0.890. The van der Waals surface area contributed by atoms with Gasteiger partial charge in [-0.15, -0.1) is 0 Å². The average Bonchev–Trinajstić information content (AvgIpc) is 2.41. The fourth-order valence-electron chi connectivity index (χ4n) is 2.47. The fourth-order valence-corrected chi connectivity index (χ4v) is 2.47. The molecule has 1 aliphatic heterocycles. The van der Waals surface area contributed by atoms with E-state index in [1.807, 2.05) is 11.8 Å². The maximum atomic E-state index is 13.2. The number of benzene rings is 1. The van der Waals surface area contributed by atoms with E-state index in [2.05, 4.69) is 5.32 Å². The molecule has 0 bridgehead atoms. The number of hydrogen-bond donors (Lipinski definition) is 1. The van der Waals surface area contributed by atoms with Gasteiger partial charge in [-0.3, -0.25) is 4.79 Å². The maximum Gasteiger partial charge on any atom is 0.254 e. The molecule has 0 spiro atoms. The van der Waals surface area contributed by atoms with Gasteiger partial charge in [0.25, 0.3) is 5.91 Å². The first-order valence-corrected chi connectivity index (χ1v) is 6.49. The Morgan fingerprint density at radius 3 is 2.78 bits per heavy atom. The minimum Gasteiger partial charge on any atom is -0.336 e. The lowest BCUT2D eigenvalue weighted by Gasteiger charge is -2.34. The van der Waals surface area contributed by atoms with Crippen LogP contribution in [-0.4, -0.2) is 36.5 Å². The normalized spacial score (nSPS) is 16.6. The zero-order chi connectivity index (χ0) is 13.0. The summed E-state index contributed by atoms with van der Waals surface area (Å²) in [5.41, 5.74) is 0.440. The number of hydrogen-bond acceptors (Lipinski definition) is 2. The Kier molecular flexibility index (Phi) is 4.31. The highest BCUT2D eigenvalue weighted by Crippen LogP contribution is 2.16. The number of nitrogens with one attached hydrogen (secondary N) is 1. The van der Waals surface area contributed by atoms with E-state index in [4.69, 9.17) is 0 Å². The molecule has 1 N–H and O–H groups in total. The fraction of sp³-hybridized carbons (Fsp3) is 0.500. The smallest absolute Gasteiger partial charge is 0.254 e. The predicted octanol–water partition coefficient (Wildman–Crippen LogP) is 2.04. The van der Waals surface area contributed by atoms with Crippen LogP contribution in [0.1, 0.15) is 30.1 Å². The third-order valence-corrected chi connectivity index (χ3v) is 3.42. The van der Waals surface area contributed by atoms with Crippen molar-refractivity contribution in [1.29, 1.82) is 0 Å². The summed E-state index contributed by atoms with van der Waals surface area (Å²) in [6.45, 7) is 4.52. The Labute approximate surface area is 107 Å². The standard InChI is InChI=1S/C14H19FN2O/c1-2-17(13-6-8-16-9-7-13)14(18)11-4-3-5-12(15)10-11/h3-5,10,13,16H,2,6-9H2,1H3. The molecule has 18 heavy (non-hydrogen) atoms. The third kappa shape index (κ3) is 2.88. The van der Waals surface area contributed by atoms with Crippen molar-refractivity contribution in [2.75, 3.05) is 19.6 Å².